The van der Waals surface area contributed by atoms with Gasteiger partial charge < -0.3 is 11.1 Å². The molecule has 0 saturated heterocycles. The van der Waals surface area contributed by atoms with Crippen LogP contribution in [0.4, 0.5) is 0 Å². The van der Waals surface area contributed by atoms with Crippen molar-refractivity contribution >= 4 is 5.91 Å². The van der Waals surface area contributed by atoms with Gasteiger partial charge in [0.1, 0.15) is 0 Å². The highest BCUT2D eigenvalue weighted by atomic mass is 16.1. The lowest BCUT2D eigenvalue weighted by Gasteiger charge is -2.30. The third-order valence-corrected chi connectivity index (χ3v) is 3.46. The molecule has 0 bridgehead atoms. The molecular formula is C13H24N2O. The van der Waals surface area contributed by atoms with E-state index in [9.17, 15) is 4.79 Å². The maximum absolute atomic E-state index is 12.1. The number of hydrogen-bond acceptors (Lipinski definition) is 2. The molecule has 3 nitrogen and oxygen atoms in total. The molecule has 0 aromatic heterocycles. The highest BCUT2D eigenvalue weighted by Crippen LogP contribution is 2.29. The molecule has 16 heavy (non-hydrogen) atoms. The molecular weight excluding hydrogens is 200 g/mol. The van der Waals surface area contributed by atoms with E-state index in [0.29, 0.717) is 12.5 Å². The maximum atomic E-state index is 12.1. The molecule has 3 atom stereocenters. The van der Waals surface area contributed by atoms with Crippen LogP contribution in [0.1, 0.15) is 39.0 Å². The van der Waals surface area contributed by atoms with E-state index in [1.807, 2.05) is 13.0 Å². The third-order valence-electron chi connectivity index (χ3n) is 3.46. The number of nitrogens with one attached hydrogen (secondary N) is 1. The number of carbonyl (C=O) groups is 1. The van der Waals surface area contributed by atoms with Gasteiger partial charge in [0.2, 0.25) is 5.91 Å². The Balaban J connectivity index is 2.47. The van der Waals surface area contributed by atoms with E-state index < -0.39 is 0 Å². The lowest BCUT2D eigenvalue weighted by Crippen LogP contribution is -2.42. The lowest BCUT2D eigenvalue weighted by atomic mass is 9.78. The summed E-state index contributed by atoms with van der Waals surface area (Å²) in [4.78, 5) is 12.1. The molecule has 1 fully saturated rings. The number of hydrogen-bond donors (Lipinski definition) is 2. The minimum Gasteiger partial charge on any atom is -0.353 e. The van der Waals surface area contributed by atoms with E-state index in [1.165, 1.54) is 6.42 Å². The Morgan fingerprint density at radius 3 is 2.88 bits per heavy atom. The van der Waals surface area contributed by atoms with Gasteiger partial charge in [-0.25, -0.2) is 0 Å². The zero-order chi connectivity index (χ0) is 12.0. The van der Waals surface area contributed by atoms with E-state index >= 15 is 0 Å². The average molecular weight is 224 g/mol. The Morgan fingerprint density at radius 1 is 1.56 bits per heavy atom. The van der Waals surface area contributed by atoms with Crippen LogP contribution in [0.15, 0.2) is 12.7 Å². The van der Waals surface area contributed by atoms with Crippen LogP contribution >= 0.6 is 0 Å². The second kappa shape index (κ2) is 6.69. The third kappa shape index (κ3) is 3.63. The first kappa shape index (κ1) is 13.2. The molecule has 0 heterocycles. The summed E-state index contributed by atoms with van der Waals surface area (Å²) in [5, 5.41) is 3.05. The van der Waals surface area contributed by atoms with Crippen molar-refractivity contribution in [2.45, 2.75) is 45.1 Å². The van der Waals surface area contributed by atoms with Crippen molar-refractivity contribution in [2.75, 3.05) is 6.54 Å². The van der Waals surface area contributed by atoms with Crippen molar-refractivity contribution in [3.63, 3.8) is 0 Å². The highest BCUT2D eigenvalue weighted by Gasteiger charge is 2.30. The summed E-state index contributed by atoms with van der Waals surface area (Å²) < 4.78 is 0. The van der Waals surface area contributed by atoms with Gasteiger partial charge in [-0.1, -0.05) is 18.9 Å². The van der Waals surface area contributed by atoms with Gasteiger partial charge in [-0.15, -0.1) is 6.58 Å². The summed E-state index contributed by atoms with van der Waals surface area (Å²) >= 11 is 0. The SMILES string of the molecule is C=CCC(C)NC(=O)C1CCCCC1CN. The zero-order valence-electron chi connectivity index (χ0n) is 10.2. The van der Waals surface area contributed by atoms with Crippen LogP contribution in [-0.2, 0) is 4.79 Å². The fourth-order valence-electron chi connectivity index (χ4n) is 2.49. The summed E-state index contributed by atoms with van der Waals surface area (Å²) in [6.45, 7) is 6.33. The van der Waals surface area contributed by atoms with Gasteiger partial charge in [-0.3, -0.25) is 4.79 Å². The second-order valence-corrected chi connectivity index (χ2v) is 4.82. The molecule has 3 unspecified atom stereocenters. The van der Waals surface area contributed by atoms with E-state index in [-0.39, 0.29) is 17.9 Å². The van der Waals surface area contributed by atoms with Crippen molar-refractivity contribution in [2.24, 2.45) is 17.6 Å². The Morgan fingerprint density at radius 2 is 2.25 bits per heavy atom. The summed E-state index contributed by atoms with van der Waals surface area (Å²) in [6.07, 6.45) is 7.13. The molecule has 1 saturated carbocycles. The smallest absolute Gasteiger partial charge is 0.223 e. The fraction of sp³-hybridized carbons (Fsp3) is 0.769. The second-order valence-electron chi connectivity index (χ2n) is 4.82. The van der Waals surface area contributed by atoms with Crippen molar-refractivity contribution in [3.8, 4) is 0 Å². The van der Waals surface area contributed by atoms with Gasteiger partial charge in [0, 0.05) is 12.0 Å². The summed E-state index contributed by atoms with van der Waals surface area (Å²) in [7, 11) is 0. The number of nitrogens with two attached hydrogens (primary N) is 1. The molecule has 92 valence electrons. The first-order chi connectivity index (χ1) is 7.69. The number of carbonyl (C=O) groups excluding carboxylic acids is 1. The van der Waals surface area contributed by atoms with E-state index in [1.54, 1.807) is 0 Å². The number of amides is 1. The van der Waals surface area contributed by atoms with Gasteiger partial charge in [-0.2, -0.15) is 0 Å². The minimum atomic E-state index is 0.131. The predicted molar refractivity (Wildman–Crippen MR) is 66.9 cm³/mol. The number of rotatable bonds is 5. The molecule has 0 aliphatic heterocycles. The van der Waals surface area contributed by atoms with Crippen LogP contribution in [0.5, 0.6) is 0 Å². The molecule has 0 radical (unpaired) electrons. The summed E-state index contributed by atoms with van der Waals surface area (Å²) in [6, 6.07) is 0.186. The highest BCUT2D eigenvalue weighted by molar-refractivity contribution is 5.79. The maximum Gasteiger partial charge on any atom is 0.223 e. The standard InChI is InChI=1S/C13H24N2O/c1-3-6-10(2)15-13(16)12-8-5-4-7-11(12)9-14/h3,10-12H,1,4-9,14H2,2H3,(H,15,16). The Hall–Kier alpha value is -0.830. The molecule has 1 aliphatic carbocycles. The van der Waals surface area contributed by atoms with Gasteiger partial charge in [-0.05, 0) is 38.6 Å². The zero-order valence-corrected chi connectivity index (χ0v) is 10.2. The molecule has 3 heteroatoms. The van der Waals surface area contributed by atoms with Gasteiger partial charge in [0.15, 0.2) is 0 Å². The van der Waals surface area contributed by atoms with Gasteiger partial charge in [0.05, 0.1) is 0 Å². The molecule has 0 spiro atoms. The fourth-order valence-corrected chi connectivity index (χ4v) is 2.49. The van der Waals surface area contributed by atoms with Crippen molar-refractivity contribution in [3.05, 3.63) is 12.7 Å². The minimum absolute atomic E-state index is 0.131. The molecule has 0 aromatic rings. The molecule has 1 rings (SSSR count). The van der Waals surface area contributed by atoms with E-state index in [2.05, 4.69) is 11.9 Å². The summed E-state index contributed by atoms with van der Waals surface area (Å²) in [5.74, 6) is 0.695. The van der Waals surface area contributed by atoms with Crippen molar-refractivity contribution in [1.29, 1.82) is 0 Å². The normalized spacial score (nSPS) is 27.1. The molecule has 0 aromatic carbocycles. The van der Waals surface area contributed by atoms with Crippen LogP contribution in [0.25, 0.3) is 0 Å². The van der Waals surface area contributed by atoms with Crippen LogP contribution < -0.4 is 11.1 Å². The van der Waals surface area contributed by atoms with Crippen molar-refractivity contribution < 1.29 is 4.79 Å². The quantitative estimate of drug-likeness (QED) is 0.700. The molecule has 1 aliphatic rings. The monoisotopic (exact) mass is 224 g/mol. The molecule has 3 N–H and O–H groups in total. The lowest BCUT2D eigenvalue weighted by molar-refractivity contribution is -0.128. The Labute approximate surface area is 98.5 Å². The van der Waals surface area contributed by atoms with Crippen LogP contribution in [0.3, 0.4) is 0 Å². The van der Waals surface area contributed by atoms with Crippen LogP contribution in [-0.4, -0.2) is 18.5 Å². The first-order valence-corrected chi connectivity index (χ1v) is 6.30. The van der Waals surface area contributed by atoms with Crippen LogP contribution in [0, 0.1) is 11.8 Å². The Bertz CT molecular complexity index is 240. The summed E-state index contributed by atoms with van der Waals surface area (Å²) in [5.41, 5.74) is 5.72. The van der Waals surface area contributed by atoms with Crippen molar-refractivity contribution in [1.82, 2.24) is 5.32 Å². The molecule has 1 amide bonds. The van der Waals surface area contributed by atoms with E-state index in [4.69, 9.17) is 5.73 Å². The average Bonchev–Trinajstić information content (AvgIpc) is 2.29. The van der Waals surface area contributed by atoms with Crippen LogP contribution in [0.2, 0.25) is 0 Å². The van der Waals surface area contributed by atoms with E-state index in [0.717, 1.165) is 25.7 Å². The van der Waals surface area contributed by atoms with Gasteiger partial charge >= 0.3 is 0 Å². The first-order valence-electron chi connectivity index (χ1n) is 6.30. The largest absolute Gasteiger partial charge is 0.353 e. The topological polar surface area (TPSA) is 55.1 Å². The Kier molecular flexibility index (Phi) is 5.53. The predicted octanol–water partition coefficient (Wildman–Crippen LogP) is 1.83. The van der Waals surface area contributed by atoms with Gasteiger partial charge in [0.25, 0.3) is 0 Å².